The van der Waals surface area contributed by atoms with Crippen LogP contribution in [0.2, 0.25) is 0 Å². The molecule has 0 aromatic rings. The van der Waals surface area contributed by atoms with Crippen molar-refractivity contribution in [2.75, 3.05) is 12.5 Å². The molecule has 0 fully saturated rings. The Labute approximate surface area is 58.8 Å². The van der Waals surface area contributed by atoms with Gasteiger partial charge < -0.3 is 25.3 Å². The summed E-state index contributed by atoms with van der Waals surface area (Å²) in [5.41, 5.74) is 0. The molecule has 0 nitrogen and oxygen atoms in total. The molecule has 0 aromatic heterocycles. The predicted molar refractivity (Wildman–Crippen MR) is 26.6 cm³/mol. The molecule has 0 bridgehead atoms. The van der Waals surface area contributed by atoms with Gasteiger partial charge in [-0.2, -0.15) is 12.5 Å². The van der Waals surface area contributed by atoms with Crippen molar-refractivity contribution < 1.29 is 21.1 Å². The zero-order valence-corrected chi connectivity index (χ0v) is 7.79. The summed E-state index contributed by atoms with van der Waals surface area (Å²) in [5.74, 6) is 0. The molecule has 0 saturated heterocycles. The van der Waals surface area contributed by atoms with Gasteiger partial charge >= 0.3 is 21.1 Å². The fourth-order valence-corrected chi connectivity index (χ4v) is 0. The molecule has 5 heavy (non-hydrogen) atoms. The Morgan fingerprint density at radius 2 is 0.800 bits per heavy atom. The largest absolute Gasteiger partial charge is 2.00 e. The second kappa shape index (κ2) is 53.8. The maximum absolute atomic E-state index is 4.08. The van der Waals surface area contributed by atoms with Crippen molar-refractivity contribution in [1.82, 2.24) is 0 Å². The van der Waals surface area contributed by atoms with Crippen molar-refractivity contribution in [3.05, 3.63) is 0 Å². The van der Waals surface area contributed by atoms with Crippen molar-refractivity contribution in [2.45, 2.75) is 0 Å². The third-order valence-corrected chi connectivity index (χ3v) is 0. The summed E-state index contributed by atoms with van der Waals surface area (Å²) in [6.07, 6.45) is 3.17. The Morgan fingerprint density at radius 1 is 0.800 bits per heavy atom. The van der Waals surface area contributed by atoms with Crippen LogP contribution in [0.5, 0.6) is 0 Å². The molecule has 3 heteroatoms. The first-order chi connectivity index (χ1) is 2.00. The molecule has 0 atom stereocenters. The molecule has 0 aliphatic carbocycles. The minimum absolute atomic E-state index is 0. The summed E-state index contributed by atoms with van der Waals surface area (Å²) < 4.78 is 0. The van der Waals surface area contributed by atoms with E-state index in [1.54, 1.807) is 12.5 Å². The van der Waals surface area contributed by atoms with E-state index < -0.39 is 0 Å². The van der Waals surface area contributed by atoms with Crippen LogP contribution in [0.3, 0.4) is 0 Å². The van der Waals surface area contributed by atoms with Gasteiger partial charge in [-0.25, -0.2) is 0 Å². The van der Waals surface area contributed by atoms with Gasteiger partial charge in [-0.05, 0) is 0 Å². The van der Waals surface area contributed by atoms with Gasteiger partial charge in [0.2, 0.25) is 0 Å². The van der Waals surface area contributed by atoms with Crippen LogP contribution in [0.1, 0.15) is 0 Å². The van der Waals surface area contributed by atoms with Crippen molar-refractivity contribution in [3.63, 3.8) is 0 Å². The van der Waals surface area contributed by atoms with Gasteiger partial charge in [-0.15, -0.1) is 0 Å². The van der Waals surface area contributed by atoms with Crippen molar-refractivity contribution >= 4 is 25.3 Å². The van der Waals surface area contributed by atoms with E-state index in [0.717, 1.165) is 0 Å². The van der Waals surface area contributed by atoms with E-state index in [4.69, 9.17) is 0 Å². The van der Waals surface area contributed by atoms with Crippen LogP contribution in [0.15, 0.2) is 0 Å². The summed E-state index contributed by atoms with van der Waals surface area (Å²) >= 11 is 8.17. The van der Waals surface area contributed by atoms with E-state index in [2.05, 4.69) is 25.3 Å². The average molecular weight is 278 g/mol. The molecule has 0 saturated carbocycles. The number of hydrogen-bond acceptors (Lipinski definition) is 2. The molecule has 0 amide bonds. The average Bonchev–Trinajstić information content (AvgIpc) is 1.50. The van der Waals surface area contributed by atoms with Gasteiger partial charge in [0.1, 0.15) is 0 Å². The summed E-state index contributed by atoms with van der Waals surface area (Å²) in [6, 6.07) is 0. The minimum Gasteiger partial charge on any atom is -0.796 e. The molecule has 0 N–H and O–H groups in total. The number of rotatable bonds is 0. The van der Waals surface area contributed by atoms with Gasteiger partial charge in [0.15, 0.2) is 0 Å². The first kappa shape index (κ1) is 16.2. The quantitative estimate of drug-likeness (QED) is 0.585. The van der Waals surface area contributed by atoms with E-state index in [0.29, 0.717) is 0 Å². The zero-order valence-electron chi connectivity index (χ0n) is 3.22. The Balaban J connectivity index is -0.0000000133. The van der Waals surface area contributed by atoms with E-state index in [1.807, 2.05) is 0 Å². The molecule has 0 rings (SSSR count). The van der Waals surface area contributed by atoms with E-state index in [-0.39, 0.29) is 21.1 Å². The van der Waals surface area contributed by atoms with E-state index >= 15 is 0 Å². The Morgan fingerprint density at radius 3 is 0.800 bits per heavy atom. The number of hydrogen-bond donors (Lipinski definition) is 0. The fourth-order valence-electron chi connectivity index (χ4n) is 0. The molecular formula is C2H6S2W. The fraction of sp³-hybridized carbons (Fsp3) is 1.00. The van der Waals surface area contributed by atoms with E-state index in [9.17, 15) is 0 Å². The van der Waals surface area contributed by atoms with Gasteiger partial charge in [-0.3, -0.25) is 0 Å². The van der Waals surface area contributed by atoms with Crippen LogP contribution in [0.25, 0.3) is 0 Å². The molecule has 32 valence electrons. The van der Waals surface area contributed by atoms with Crippen LogP contribution in [0, 0.1) is 0 Å². The summed E-state index contributed by atoms with van der Waals surface area (Å²) in [4.78, 5) is 0. The third kappa shape index (κ3) is 32.1. The Bertz CT molecular complexity index is 7.61. The zero-order chi connectivity index (χ0) is 4.00. The first-order valence-corrected chi connectivity index (χ1v) is 2.45. The van der Waals surface area contributed by atoms with Crippen LogP contribution in [-0.4, -0.2) is 12.5 Å². The second-order valence-corrected chi connectivity index (χ2v) is 0. The van der Waals surface area contributed by atoms with Crippen molar-refractivity contribution in [2.24, 2.45) is 0 Å². The van der Waals surface area contributed by atoms with Gasteiger partial charge in [0, 0.05) is 0 Å². The molecule has 0 aliphatic rings. The molecule has 0 spiro atoms. The standard InChI is InChI=1S/2CH4S.W/c2*1-2;/h2*2H,1H3;/q;;+2/p-2. The maximum atomic E-state index is 4.08. The van der Waals surface area contributed by atoms with Crippen LogP contribution in [0.4, 0.5) is 0 Å². The first-order valence-electron chi connectivity index (χ1n) is 0.816. The molecule has 0 aromatic carbocycles. The maximum Gasteiger partial charge on any atom is 2.00 e. The predicted octanol–water partition coefficient (Wildman–Crippen LogP) is 0.324. The summed E-state index contributed by atoms with van der Waals surface area (Å²) in [5, 5.41) is 0. The second-order valence-electron chi connectivity index (χ2n) is 0. The van der Waals surface area contributed by atoms with Gasteiger partial charge in [0.05, 0.1) is 0 Å². The van der Waals surface area contributed by atoms with Crippen molar-refractivity contribution in [3.8, 4) is 0 Å². The normalized spacial score (nSPS) is 2.40. The van der Waals surface area contributed by atoms with Crippen molar-refractivity contribution in [1.29, 1.82) is 0 Å². The summed E-state index contributed by atoms with van der Waals surface area (Å²) in [6.45, 7) is 0. The molecule has 0 aliphatic heterocycles. The summed E-state index contributed by atoms with van der Waals surface area (Å²) in [7, 11) is 0. The molecular weight excluding hydrogens is 272 g/mol. The van der Waals surface area contributed by atoms with Crippen LogP contribution in [-0.2, 0) is 46.3 Å². The SMILES string of the molecule is C[S-].C[S-].[W+2]. The smallest absolute Gasteiger partial charge is 0.796 e. The van der Waals surface area contributed by atoms with E-state index in [1.165, 1.54) is 0 Å². The Kier molecular flexibility index (Phi) is 174. The molecule has 0 unspecified atom stereocenters. The minimum atomic E-state index is 0. The monoisotopic (exact) mass is 278 g/mol. The topological polar surface area (TPSA) is 0 Å². The van der Waals surface area contributed by atoms with Crippen LogP contribution >= 0.6 is 0 Å². The molecule has 0 heterocycles. The van der Waals surface area contributed by atoms with Gasteiger partial charge in [0.25, 0.3) is 0 Å². The van der Waals surface area contributed by atoms with Gasteiger partial charge in [-0.1, -0.05) is 0 Å². The Hall–Kier alpha value is 1.39. The third-order valence-electron chi connectivity index (χ3n) is 0. The molecule has 0 radical (unpaired) electrons. The van der Waals surface area contributed by atoms with Crippen LogP contribution < -0.4 is 0 Å².